The van der Waals surface area contributed by atoms with E-state index in [4.69, 9.17) is 9.47 Å². The number of hydrogen-bond donors (Lipinski definition) is 2. The molecule has 170 valence electrons. The first-order valence-electron chi connectivity index (χ1n) is 10.8. The van der Waals surface area contributed by atoms with Crippen molar-refractivity contribution >= 4 is 23.0 Å². The van der Waals surface area contributed by atoms with Gasteiger partial charge in [0, 0.05) is 23.4 Å². The quantitative estimate of drug-likeness (QED) is 0.484. The summed E-state index contributed by atoms with van der Waals surface area (Å²) >= 11 is 0. The summed E-state index contributed by atoms with van der Waals surface area (Å²) in [5, 5.41) is 8.19. The molecule has 2 N–H and O–H groups in total. The van der Waals surface area contributed by atoms with Crippen molar-refractivity contribution in [2.75, 3.05) is 20.3 Å². The summed E-state index contributed by atoms with van der Waals surface area (Å²) < 4.78 is 11.2. The van der Waals surface area contributed by atoms with E-state index < -0.39 is 5.97 Å². The van der Waals surface area contributed by atoms with E-state index in [0.29, 0.717) is 31.3 Å². The van der Waals surface area contributed by atoms with Crippen molar-refractivity contribution < 1.29 is 14.3 Å². The molecule has 1 aliphatic heterocycles. The van der Waals surface area contributed by atoms with Crippen molar-refractivity contribution in [3.8, 4) is 5.88 Å². The zero-order chi connectivity index (χ0) is 23.1. The van der Waals surface area contributed by atoms with Gasteiger partial charge in [0.1, 0.15) is 5.70 Å². The zero-order valence-corrected chi connectivity index (χ0v) is 19.4. The van der Waals surface area contributed by atoms with Crippen LogP contribution in [0, 0.1) is 5.41 Å². The molecule has 32 heavy (non-hydrogen) atoms. The number of carbonyl (C=O) groups is 1. The Morgan fingerprint density at radius 3 is 2.72 bits per heavy atom. The third-order valence-corrected chi connectivity index (χ3v) is 4.91. The molecule has 0 fully saturated rings. The number of pyridine rings is 1. The Morgan fingerprint density at radius 1 is 1.28 bits per heavy atom. The molecule has 0 spiro atoms. The summed E-state index contributed by atoms with van der Waals surface area (Å²) in [7, 11) is 1.84. The number of likely N-dealkylation sites (N-methyl/N-ethyl adjacent to an activating group) is 1. The molecule has 3 rings (SSSR count). The van der Waals surface area contributed by atoms with Crippen LogP contribution in [-0.4, -0.2) is 43.5 Å². The second kappa shape index (κ2) is 10.4. The molecule has 2 heterocycles. The van der Waals surface area contributed by atoms with Gasteiger partial charge in [0.2, 0.25) is 5.88 Å². The van der Waals surface area contributed by atoms with Gasteiger partial charge in [0.25, 0.3) is 0 Å². The van der Waals surface area contributed by atoms with Crippen LogP contribution in [0.25, 0.3) is 10.8 Å². The highest BCUT2D eigenvalue weighted by Gasteiger charge is 2.22. The van der Waals surface area contributed by atoms with Gasteiger partial charge in [-0.3, -0.25) is 4.99 Å². The molecule has 1 aromatic carbocycles. The second-order valence-corrected chi connectivity index (χ2v) is 8.77. The average molecular weight is 437 g/mol. The smallest absolute Gasteiger partial charge is 0.355 e. The van der Waals surface area contributed by atoms with Gasteiger partial charge in [-0.2, -0.15) is 0 Å². The molecule has 1 aliphatic rings. The van der Waals surface area contributed by atoms with Crippen LogP contribution in [0.2, 0.25) is 0 Å². The maximum Gasteiger partial charge on any atom is 0.355 e. The van der Waals surface area contributed by atoms with Crippen LogP contribution in [0.4, 0.5) is 0 Å². The van der Waals surface area contributed by atoms with Crippen molar-refractivity contribution in [3.05, 3.63) is 59.6 Å². The van der Waals surface area contributed by atoms with Gasteiger partial charge < -0.3 is 20.1 Å². The average Bonchev–Trinajstić information content (AvgIpc) is 2.77. The number of ether oxygens (including phenoxy) is 2. The van der Waals surface area contributed by atoms with Gasteiger partial charge in [-0.25, -0.2) is 9.78 Å². The lowest BCUT2D eigenvalue weighted by atomic mass is 9.99. The maximum atomic E-state index is 12.4. The number of carbonyl (C=O) groups excluding carboxylic acids is 1. The van der Waals surface area contributed by atoms with Gasteiger partial charge in [-0.15, -0.1) is 0 Å². The first kappa shape index (κ1) is 23.5. The van der Waals surface area contributed by atoms with Crippen LogP contribution in [0.5, 0.6) is 5.88 Å². The number of aromatic nitrogens is 1. The highest BCUT2D eigenvalue weighted by atomic mass is 16.5. The zero-order valence-electron chi connectivity index (χ0n) is 19.4. The van der Waals surface area contributed by atoms with E-state index in [2.05, 4.69) is 47.4 Å². The molecule has 7 nitrogen and oxygen atoms in total. The van der Waals surface area contributed by atoms with E-state index in [1.54, 1.807) is 19.3 Å². The minimum atomic E-state index is -0.397. The molecule has 0 aliphatic carbocycles. The minimum absolute atomic E-state index is 0.0441. The third kappa shape index (κ3) is 5.73. The molecule has 2 aromatic rings. The second-order valence-electron chi connectivity index (χ2n) is 8.77. The number of rotatable bonds is 8. The maximum absolute atomic E-state index is 12.4. The van der Waals surface area contributed by atoms with Crippen molar-refractivity contribution in [3.63, 3.8) is 0 Å². The molecular formula is C25H32N4O3. The SMILES string of the molecule is CCOC(=O)C1=C(C=NCc2cnc(OCC(C)(C)C)c3ccccc23)C(NC)C=CN1. The van der Waals surface area contributed by atoms with Crippen LogP contribution in [0.3, 0.4) is 0 Å². The minimum Gasteiger partial charge on any atom is -0.477 e. The Labute approximate surface area is 189 Å². The summed E-state index contributed by atoms with van der Waals surface area (Å²) in [5.74, 6) is 0.235. The molecule has 0 amide bonds. The predicted octanol–water partition coefficient (Wildman–Crippen LogP) is 3.75. The Hall–Kier alpha value is -3.19. The van der Waals surface area contributed by atoms with Crippen molar-refractivity contribution in [2.45, 2.75) is 40.3 Å². The number of fused-ring (bicyclic) bond motifs is 1. The molecule has 0 radical (unpaired) electrons. The topological polar surface area (TPSA) is 84.8 Å². The Morgan fingerprint density at radius 2 is 2.03 bits per heavy atom. The van der Waals surface area contributed by atoms with Crippen LogP contribution >= 0.6 is 0 Å². The van der Waals surface area contributed by atoms with Crippen LogP contribution in [-0.2, 0) is 16.1 Å². The number of esters is 1. The van der Waals surface area contributed by atoms with Crippen LogP contribution in [0.15, 0.2) is 59.0 Å². The summed E-state index contributed by atoms with van der Waals surface area (Å²) in [6.45, 7) is 9.49. The molecule has 1 unspecified atom stereocenters. The number of hydrogen-bond acceptors (Lipinski definition) is 7. The third-order valence-electron chi connectivity index (χ3n) is 4.91. The molecule has 1 atom stereocenters. The summed E-state index contributed by atoms with van der Waals surface area (Å²) in [5.41, 5.74) is 2.16. The van der Waals surface area contributed by atoms with E-state index in [0.717, 1.165) is 21.9 Å². The van der Waals surface area contributed by atoms with Crippen molar-refractivity contribution in [2.24, 2.45) is 10.4 Å². The monoisotopic (exact) mass is 436 g/mol. The Balaban J connectivity index is 1.87. The van der Waals surface area contributed by atoms with Crippen molar-refractivity contribution in [1.29, 1.82) is 0 Å². The van der Waals surface area contributed by atoms with E-state index in [9.17, 15) is 4.79 Å². The molecule has 0 saturated heterocycles. The first-order valence-corrected chi connectivity index (χ1v) is 10.8. The standard InChI is InChI=1S/C25H32N4O3/c1-6-31-24(30)22-20(21(26-5)11-12-28-22)15-27-13-17-14-29-23(32-16-25(2,3)4)19-10-8-7-9-18(17)19/h7-12,14-15,21,26,28H,6,13,16H2,1-5H3. The number of nitrogens with one attached hydrogen (secondary N) is 2. The van der Waals surface area contributed by atoms with Gasteiger partial charge >= 0.3 is 5.97 Å². The van der Waals surface area contributed by atoms with E-state index >= 15 is 0 Å². The van der Waals surface area contributed by atoms with E-state index in [-0.39, 0.29) is 11.5 Å². The summed E-state index contributed by atoms with van der Waals surface area (Å²) in [6.07, 6.45) is 7.20. The number of dihydropyridines is 1. The number of benzene rings is 1. The van der Waals surface area contributed by atoms with Gasteiger partial charge in [-0.1, -0.05) is 39.0 Å². The van der Waals surface area contributed by atoms with Crippen molar-refractivity contribution in [1.82, 2.24) is 15.6 Å². The highest BCUT2D eigenvalue weighted by Crippen LogP contribution is 2.28. The normalized spacial score (nSPS) is 16.5. The lowest BCUT2D eigenvalue weighted by Gasteiger charge is -2.21. The Kier molecular flexibility index (Phi) is 7.64. The van der Waals surface area contributed by atoms with Gasteiger partial charge in [-0.05, 0) is 48.7 Å². The number of nitrogens with zero attached hydrogens (tertiary/aromatic N) is 2. The fourth-order valence-corrected chi connectivity index (χ4v) is 3.34. The fraction of sp³-hybridized carbons (Fsp3) is 0.400. The number of aliphatic imine (C=N–C) groups is 1. The highest BCUT2D eigenvalue weighted by molar-refractivity contribution is 5.98. The van der Waals surface area contributed by atoms with Gasteiger partial charge in [0.15, 0.2) is 0 Å². The predicted molar refractivity (Wildman–Crippen MR) is 128 cm³/mol. The van der Waals surface area contributed by atoms with Crippen LogP contribution < -0.4 is 15.4 Å². The summed E-state index contributed by atoms with van der Waals surface area (Å²) in [4.78, 5) is 21.5. The molecule has 0 saturated carbocycles. The molecular weight excluding hydrogens is 404 g/mol. The molecule has 7 heteroatoms. The molecule has 0 bridgehead atoms. The largest absolute Gasteiger partial charge is 0.477 e. The lowest BCUT2D eigenvalue weighted by molar-refractivity contribution is -0.138. The summed E-state index contributed by atoms with van der Waals surface area (Å²) in [6, 6.07) is 7.91. The van der Waals surface area contributed by atoms with Crippen LogP contribution in [0.1, 0.15) is 33.3 Å². The van der Waals surface area contributed by atoms with E-state index in [1.807, 2.05) is 37.5 Å². The molecule has 1 aromatic heterocycles. The van der Waals surface area contributed by atoms with E-state index in [1.165, 1.54) is 0 Å². The first-order chi connectivity index (χ1) is 15.3. The lowest BCUT2D eigenvalue weighted by Crippen LogP contribution is -2.35. The van der Waals surface area contributed by atoms with Gasteiger partial charge in [0.05, 0.1) is 25.8 Å². The fourth-order valence-electron chi connectivity index (χ4n) is 3.34. The Bertz CT molecular complexity index is 1050.